The number of hydrogen-bond acceptors (Lipinski definition) is 4. The Labute approximate surface area is 212 Å². The third-order valence-electron chi connectivity index (χ3n) is 6.24. The van der Waals surface area contributed by atoms with E-state index in [1.165, 1.54) is 12.1 Å². The van der Waals surface area contributed by atoms with Gasteiger partial charge in [0.15, 0.2) is 0 Å². The molecule has 0 saturated carbocycles. The molecule has 0 unspecified atom stereocenters. The molecule has 7 nitrogen and oxygen atoms in total. The highest BCUT2D eigenvalue weighted by atomic mass is 32.2. The molecule has 3 aromatic rings. The molecule has 0 aliphatic carbocycles. The van der Waals surface area contributed by atoms with E-state index in [-0.39, 0.29) is 23.9 Å². The standard InChI is InChI=1S/C28H31N3O4S/c1-21-15-22(2)17-25(16-21)31(36(34,35)26-11-4-3-5-12-26)20-27(32)29-18-23-9-6-7-10-24(23)19-30-14-8-13-28(30)33/h3-7,9-12,15-17H,8,13-14,18-20H2,1-2H3,(H,29,32). The van der Waals surface area contributed by atoms with E-state index >= 15 is 0 Å². The first-order chi connectivity index (χ1) is 17.2. The number of benzene rings is 3. The van der Waals surface area contributed by atoms with Crippen LogP contribution in [0.3, 0.4) is 0 Å². The molecule has 0 aromatic heterocycles. The number of hydrogen-bond donors (Lipinski definition) is 1. The maximum atomic E-state index is 13.6. The van der Waals surface area contributed by atoms with Crippen molar-refractivity contribution >= 4 is 27.5 Å². The second-order valence-electron chi connectivity index (χ2n) is 9.13. The van der Waals surface area contributed by atoms with Gasteiger partial charge in [0.2, 0.25) is 11.8 Å². The van der Waals surface area contributed by atoms with E-state index < -0.39 is 15.9 Å². The number of rotatable bonds is 9. The van der Waals surface area contributed by atoms with Gasteiger partial charge in [-0.25, -0.2) is 8.42 Å². The molecule has 0 radical (unpaired) electrons. The first-order valence-electron chi connectivity index (χ1n) is 12.0. The largest absolute Gasteiger partial charge is 0.350 e. The topological polar surface area (TPSA) is 86.8 Å². The second-order valence-corrected chi connectivity index (χ2v) is 11.0. The summed E-state index contributed by atoms with van der Waals surface area (Å²) in [6.45, 7) is 4.91. The van der Waals surface area contributed by atoms with Crippen LogP contribution in [0.4, 0.5) is 5.69 Å². The van der Waals surface area contributed by atoms with E-state index in [4.69, 9.17) is 0 Å². The average Bonchev–Trinajstić information content (AvgIpc) is 3.26. The fourth-order valence-corrected chi connectivity index (χ4v) is 5.90. The van der Waals surface area contributed by atoms with Gasteiger partial charge in [-0.3, -0.25) is 13.9 Å². The van der Waals surface area contributed by atoms with Gasteiger partial charge in [-0.2, -0.15) is 0 Å². The number of nitrogens with one attached hydrogen (secondary N) is 1. The monoisotopic (exact) mass is 505 g/mol. The highest BCUT2D eigenvalue weighted by molar-refractivity contribution is 7.92. The highest BCUT2D eigenvalue weighted by Gasteiger charge is 2.27. The van der Waals surface area contributed by atoms with Gasteiger partial charge in [0.05, 0.1) is 10.6 Å². The Morgan fingerprint density at radius 1 is 0.944 bits per heavy atom. The van der Waals surface area contributed by atoms with Crippen molar-refractivity contribution in [2.75, 3.05) is 17.4 Å². The lowest BCUT2D eigenvalue weighted by Crippen LogP contribution is -2.41. The summed E-state index contributed by atoms with van der Waals surface area (Å²) in [4.78, 5) is 27.1. The van der Waals surface area contributed by atoms with Crippen LogP contribution < -0.4 is 9.62 Å². The average molecular weight is 506 g/mol. The number of carbonyl (C=O) groups is 2. The molecule has 0 bridgehead atoms. The Morgan fingerprint density at radius 3 is 2.22 bits per heavy atom. The maximum absolute atomic E-state index is 13.6. The zero-order chi connectivity index (χ0) is 25.7. The fourth-order valence-electron chi connectivity index (χ4n) is 4.47. The van der Waals surface area contributed by atoms with Crippen LogP contribution in [0, 0.1) is 13.8 Å². The highest BCUT2D eigenvalue weighted by Crippen LogP contribution is 2.26. The van der Waals surface area contributed by atoms with Crippen molar-refractivity contribution in [2.24, 2.45) is 0 Å². The molecule has 1 saturated heterocycles. The summed E-state index contributed by atoms with van der Waals surface area (Å²) in [5.74, 6) is -0.273. The third kappa shape index (κ3) is 5.94. The van der Waals surface area contributed by atoms with E-state index in [1.54, 1.807) is 30.3 Å². The maximum Gasteiger partial charge on any atom is 0.264 e. The molecule has 1 heterocycles. The molecule has 36 heavy (non-hydrogen) atoms. The van der Waals surface area contributed by atoms with Crippen LogP contribution in [0.25, 0.3) is 0 Å². The molecule has 4 rings (SSSR count). The molecule has 1 N–H and O–H groups in total. The van der Waals surface area contributed by atoms with Gasteiger partial charge in [0, 0.05) is 26.1 Å². The predicted octanol–water partition coefficient (Wildman–Crippen LogP) is 3.94. The van der Waals surface area contributed by atoms with Crippen molar-refractivity contribution in [3.05, 3.63) is 95.1 Å². The number of sulfonamides is 1. The molecular formula is C28H31N3O4S. The van der Waals surface area contributed by atoms with Gasteiger partial charge in [-0.05, 0) is 66.8 Å². The Balaban J connectivity index is 1.54. The smallest absolute Gasteiger partial charge is 0.264 e. The van der Waals surface area contributed by atoms with Crippen molar-refractivity contribution in [2.45, 2.75) is 44.7 Å². The third-order valence-corrected chi connectivity index (χ3v) is 8.03. The second kappa shape index (κ2) is 11.0. The summed E-state index contributed by atoms with van der Waals surface area (Å²) in [5.41, 5.74) is 4.12. The van der Waals surface area contributed by atoms with Crippen LogP contribution in [0.2, 0.25) is 0 Å². The Bertz CT molecular complexity index is 1340. The van der Waals surface area contributed by atoms with E-state index in [1.807, 2.05) is 49.1 Å². The predicted molar refractivity (Wildman–Crippen MR) is 140 cm³/mol. The Morgan fingerprint density at radius 2 is 1.58 bits per heavy atom. The van der Waals surface area contributed by atoms with Crippen LogP contribution >= 0.6 is 0 Å². The minimum absolute atomic E-state index is 0.123. The summed E-state index contributed by atoms with van der Waals surface area (Å²) in [6, 6.07) is 21.3. The van der Waals surface area contributed by atoms with Crippen molar-refractivity contribution in [1.29, 1.82) is 0 Å². The molecule has 1 aliphatic rings. The number of nitrogens with zero attached hydrogens (tertiary/aromatic N) is 2. The van der Waals surface area contributed by atoms with Crippen LogP contribution in [-0.4, -0.2) is 38.2 Å². The number of amides is 2. The van der Waals surface area contributed by atoms with E-state index in [9.17, 15) is 18.0 Å². The number of anilines is 1. The first kappa shape index (κ1) is 25.4. The summed E-state index contributed by atoms with van der Waals surface area (Å²) in [6.07, 6.45) is 1.44. The van der Waals surface area contributed by atoms with Crippen molar-refractivity contribution in [3.63, 3.8) is 0 Å². The molecule has 3 aromatic carbocycles. The molecule has 1 aliphatic heterocycles. The minimum Gasteiger partial charge on any atom is -0.350 e. The summed E-state index contributed by atoms with van der Waals surface area (Å²) >= 11 is 0. The van der Waals surface area contributed by atoms with Gasteiger partial charge in [0.1, 0.15) is 6.54 Å². The number of likely N-dealkylation sites (tertiary alicyclic amines) is 1. The molecular weight excluding hydrogens is 474 g/mol. The minimum atomic E-state index is -3.97. The van der Waals surface area contributed by atoms with Crippen molar-refractivity contribution in [1.82, 2.24) is 10.2 Å². The summed E-state index contributed by atoms with van der Waals surface area (Å²) in [5, 5.41) is 2.88. The molecule has 188 valence electrons. The van der Waals surface area contributed by atoms with Gasteiger partial charge in [-0.1, -0.05) is 48.5 Å². The van der Waals surface area contributed by atoms with Gasteiger partial charge >= 0.3 is 0 Å². The molecule has 2 amide bonds. The first-order valence-corrected chi connectivity index (χ1v) is 13.5. The fraction of sp³-hybridized carbons (Fsp3) is 0.286. The van der Waals surface area contributed by atoms with Crippen LogP contribution in [0.5, 0.6) is 0 Å². The van der Waals surface area contributed by atoms with Crippen molar-refractivity contribution < 1.29 is 18.0 Å². The van der Waals surface area contributed by atoms with Crippen LogP contribution in [0.1, 0.15) is 35.1 Å². The lowest BCUT2D eigenvalue weighted by atomic mass is 10.1. The number of aryl methyl sites for hydroxylation is 2. The molecule has 1 fully saturated rings. The van der Waals surface area contributed by atoms with Gasteiger partial charge in [0.25, 0.3) is 10.0 Å². The van der Waals surface area contributed by atoms with E-state index in [0.717, 1.165) is 39.5 Å². The Kier molecular flexibility index (Phi) is 7.74. The van der Waals surface area contributed by atoms with Crippen LogP contribution in [-0.2, 0) is 32.7 Å². The van der Waals surface area contributed by atoms with Crippen LogP contribution in [0.15, 0.2) is 77.7 Å². The zero-order valence-corrected chi connectivity index (χ0v) is 21.4. The lowest BCUT2D eigenvalue weighted by Gasteiger charge is -2.25. The lowest BCUT2D eigenvalue weighted by molar-refractivity contribution is -0.128. The normalized spacial score (nSPS) is 13.6. The summed E-state index contributed by atoms with van der Waals surface area (Å²) in [7, 11) is -3.97. The Hall–Kier alpha value is -3.65. The molecule has 0 atom stereocenters. The van der Waals surface area contributed by atoms with E-state index in [0.29, 0.717) is 18.7 Å². The summed E-state index contributed by atoms with van der Waals surface area (Å²) < 4.78 is 28.3. The molecule has 8 heteroatoms. The number of carbonyl (C=O) groups excluding carboxylic acids is 2. The molecule has 0 spiro atoms. The van der Waals surface area contributed by atoms with Crippen molar-refractivity contribution in [3.8, 4) is 0 Å². The quantitative estimate of drug-likeness (QED) is 0.477. The van der Waals surface area contributed by atoms with E-state index in [2.05, 4.69) is 5.32 Å². The SMILES string of the molecule is Cc1cc(C)cc(N(CC(=O)NCc2ccccc2CN2CCCC2=O)S(=O)(=O)c2ccccc2)c1. The zero-order valence-electron chi connectivity index (χ0n) is 20.6. The van der Waals surface area contributed by atoms with Gasteiger partial charge in [-0.15, -0.1) is 0 Å². The van der Waals surface area contributed by atoms with Gasteiger partial charge < -0.3 is 10.2 Å².